The first-order valence-electron chi connectivity index (χ1n) is 17.9. The molecule has 3 unspecified atom stereocenters. The Morgan fingerprint density at radius 3 is 2.07 bits per heavy atom. The van der Waals surface area contributed by atoms with Crippen molar-refractivity contribution in [2.24, 2.45) is 45.3 Å². The molecule has 5 heteroatoms. The molecule has 3 saturated carbocycles. The number of aliphatic hydroxyl groups excluding tert-OH is 3. The van der Waals surface area contributed by atoms with Crippen LogP contribution >= 0.6 is 0 Å². The Labute approximate surface area is 273 Å². The van der Waals surface area contributed by atoms with E-state index in [4.69, 9.17) is 4.74 Å². The van der Waals surface area contributed by atoms with E-state index in [0.717, 1.165) is 32.1 Å². The van der Waals surface area contributed by atoms with Crippen LogP contribution in [0.2, 0.25) is 0 Å². The average molecular weight is 625 g/mol. The molecule has 4 aliphatic rings. The summed E-state index contributed by atoms with van der Waals surface area (Å²) in [4.78, 5) is 0. The van der Waals surface area contributed by atoms with Gasteiger partial charge in [-0.25, -0.2) is 0 Å². The molecule has 0 heterocycles. The van der Waals surface area contributed by atoms with Gasteiger partial charge in [-0.1, -0.05) is 71.4 Å². The Kier molecular flexibility index (Phi) is 9.14. The van der Waals surface area contributed by atoms with Crippen molar-refractivity contribution >= 4 is 0 Å². The van der Waals surface area contributed by atoms with Gasteiger partial charge in [-0.2, -0.15) is 0 Å². The van der Waals surface area contributed by atoms with E-state index in [-0.39, 0.29) is 45.7 Å². The van der Waals surface area contributed by atoms with Gasteiger partial charge in [0, 0.05) is 5.41 Å². The van der Waals surface area contributed by atoms with Crippen molar-refractivity contribution in [1.82, 2.24) is 0 Å². The number of hydrogen-bond acceptors (Lipinski definition) is 5. The van der Waals surface area contributed by atoms with Crippen molar-refractivity contribution < 1.29 is 25.2 Å². The Morgan fingerprint density at radius 1 is 0.844 bits per heavy atom. The van der Waals surface area contributed by atoms with E-state index in [0.29, 0.717) is 11.8 Å². The van der Waals surface area contributed by atoms with Gasteiger partial charge in [0.25, 0.3) is 0 Å². The molecule has 4 aliphatic carbocycles. The van der Waals surface area contributed by atoms with Crippen LogP contribution in [0.3, 0.4) is 0 Å². The Bertz CT molecular complexity index is 1260. The monoisotopic (exact) mass is 624 g/mol. The lowest BCUT2D eigenvalue weighted by Crippen LogP contribution is -2.60. The van der Waals surface area contributed by atoms with Crippen LogP contribution in [0.15, 0.2) is 29.8 Å². The SMILES string of the molecule is Cc1cccc(C)c1C(C)O[C@H]1CCC2C(=CCC3[C@@]2(C)CC[C@]2(C)[C@@H]([C@H](C)[C@H](O)[C@@H](O)[C@@H](O)C(C)(C)O)CC[C@@]32C)C1(C)C. The fourth-order valence-electron chi connectivity index (χ4n) is 11.7. The van der Waals surface area contributed by atoms with Crippen molar-refractivity contribution in [1.29, 1.82) is 0 Å². The number of fused-ring (bicyclic) bond motifs is 5. The zero-order valence-corrected chi connectivity index (χ0v) is 30.2. The van der Waals surface area contributed by atoms with E-state index in [2.05, 4.69) is 79.7 Å². The van der Waals surface area contributed by atoms with Crippen LogP contribution in [0, 0.1) is 59.2 Å². The average Bonchev–Trinajstić information content (AvgIpc) is 3.23. The quantitative estimate of drug-likeness (QED) is 0.221. The molecule has 0 saturated heterocycles. The summed E-state index contributed by atoms with van der Waals surface area (Å²) in [6.45, 7) is 24.0. The summed E-state index contributed by atoms with van der Waals surface area (Å²) in [5.41, 5.74) is 4.40. The van der Waals surface area contributed by atoms with E-state index in [9.17, 15) is 20.4 Å². The van der Waals surface area contributed by atoms with Crippen molar-refractivity contribution in [3.05, 3.63) is 46.5 Å². The van der Waals surface area contributed by atoms with Crippen LogP contribution in [0.5, 0.6) is 0 Å². The molecular weight excluding hydrogens is 560 g/mol. The predicted octanol–water partition coefficient (Wildman–Crippen LogP) is 7.84. The third-order valence-electron chi connectivity index (χ3n) is 14.7. The maximum atomic E-state index is 11.3. The van der Waals surface area contributed by atoms with Gasteiger partial charge in [-0.05, 0) is 136 Å². The molecule has 0 bridgehead atoms. The lowest BCUT2D eigenvalue weighted by Gasteiger charge is -2.66. The maximum absolute atomic E-state index is 11.3. The molecule has 0 amide bonds. The summed E-state index contributed by atoms with van der Waals surface area (Å²) in [6.07, 6.45) is 6.71. The fourth-order valence-corrected chi connectivity index (χ4v) is 11.7. The predicted molar refractivity (Wildman–Crippen MR) is 182 cm³/mol. The summed E-state index contributed by atoms with van der Waals surface area (Å²) < 4.78 is 6.98. The van der Waals surface area contributed by atoms with E-state index in [1.54, 1.807) is 5.57 Å². The Hall–Kier alpha value is -1.24. The van der Waals surface area contributed by atoms with Crippen molar-refractivity contribution in [3.63, 3.8) is 0 Å². The molecule has 1 aromatic carbocycles. The molecule has 0 radical (unpaired) electrons. The molecule has 254 valence electrons. The molecule has 0 aliphatic heterocycles. The zero-order chi connectivity index (χ0) is 33.5. The molecule has 5 rings (SSSR count). The standard InChI is InChI=1S/C40H64O5/c1-23-13-12-14-24(2)32(23)26(4)45-31-18-16-29-28(36(31,5)6)15-17-30-38(29,9)21-22-39(10)27(19-20-40(30,39)11)25(3)33(41)34(42)35(43)37(7,8)44/h12-15,25-27,29-31,33-35,41-44H,16-22H2,1-11H3/t25-,26?,27+,29?,30?,31-,33-,34+,35+,38-,39+,40-/m0/s1. The van der Waals surface area contributed by atoms with Gasteiger partial charge in [-0.3, -0.25) is 0 Å². The number of ether oxygens (including phenoxy) is 1. The highest BCUT2D eigenvalue weighted by atomic mass is 16.5. The molecular formula is C40H64O5. The van der Waals surface area contributed by atoms with Gasteiger partial charge in [0.2, 0.25) is 0 Å². The summed E-state index contributed by atoms with van der Waals surface area (Å²) in [7, 11) is 0. The van der Waals surface area contributed by atoms with E-state index in [1.165, 1.54) is 43.4 Å². The second-order valence-electron chi connectivity index (χ2n) is 17.8. The van der Waals surface area contributed by atoms with Gasteiger partial charge in [-0.15, -0.1) is 0 Å². The summed E-state index contributed by atoms with van der Waals surface area (Å²) in [5, 5.41) is 43.1. The van der Waals surface area contributed by atoms with E-state index >= 15 is 0 Å². The second kappa shape index (κ2) is 11.7. The topological polar surface area (TPSA) is 90.2 Å². The first kappa shape index (κ1) is 35.1. The van der Waals surface area contributed by atoms with Gasteiger partial charge in [0.05, 0.1) is 23.9 Å². The van der Waals surface area contributed by atoms with Crippen molar-refractivity contribution in [3.8, 4) is 0 Å². The summed E-state index contributed by atoms with van der Waals surface area (Å²) in [5.74, 6) is 1.16. The Morgan fingerprint density at radius 2 is 1.47 bits per heavy atom. The molecule has 45 heavy (non-hydrogen) atoms. The van der Waals surface area contributed by atoms with Crippen LogP contribution in [0.4, 0.5) is 0 Å². The number of aryl methyl sites for hydroxylation is 2. The van der Waals surface area contributed by atoms with Crippen molar-refractivity contribution in [2.75, 3.05) is 0 Å². The minimum Gasteiger partial charge on any atom is -0.390 e. The van der Waals surface area contributed by atoms with E-state index in [1.807, 2.05) is 6.92 Å². The fraction of sp³-hybridized carbons (Fsp3) is 0.800. The van der Waals surface area contributed by atoms with Gasteiger partial charge in [0.1, 0.15) is 12.2 Å². The smallest absolute Gasteiger partial charge is 0.110 e. The molecule has 4 N–H and O–H groups in total. The maximum Gasteiger partial charge on any atom is 0.110 e. The number of hydrogen-bond donors (Lipinski definition) is 4. The highest BCUT2D eigenvalue weighted by Gasteiger charge is 2.68. The van der Waals surface area contributed by atoms with Gasteiger partial charge in [0.15, 0.2) is 0 Å². The molecule has 0 aromatic heterocycles. The lowest BCUT2D eigenvalue weighted by atomic mass is 9.39. The number of allylic oxidation sites excluding steroid dienone is 1. The van der Waals surface area contributed by atoms with Crippen molar-refractivity contribution in [2.45, 2.75) is 157 Å². The highest BCUT2D eigenvalue weighted by Crippen LogP contribution is 2.75. The molecule has 3 fully saturated rings. The van der Waals surface area contributed by atoms with E-state index < -0.39 is 23.9 Å². The highest BCUT2D eigenvalue weighted by molar-refractivity contribution is 5.36. The zero-order valence-electron chi connectivity index (χ0n) is 30.2. The molecule has 5 nitrogen and oxygen atoms in total. The van der Waals surface area contributed by atoms with Gasteiger partial charge >= 0.3 is 0 Å². The molecule has 0 spiro atoms. The lowest BCUT2D eigenvalue weighted by molar-refractivity contribution is -0.173. The molecule has 12 atom stereocenters. The largest absolute Gasteiger partial charge is 0.390 e. The number of benzene rings is 1. The van der Waals surface area contributed by atoms with Crippen LogP contribution in [0.1, 0.15) is 130 Å². The number of aliphatic hydroxyl groups is 4. The first-order chi connectivity index (χ1) is 20.7. The minimum atomic E-state index is -1.48. The van der Waals surface area contributed by atoms with Gasteiger partial charge < -0.3 is 25.2 Å². The first-order valence-corrected chi connectivity index (χ1v) is 17.9. The third-order valence-corrected chi connectivity index (χ3v) is 14.7. The minimum absolute atomic E-state index is 0.0268. The van der Waals surface area contributed by atoms with Crippen LogP contribution in [-0.2, 0) is 4.74 Å². The van der Waals surface area contributed by atoms with Crippen LogP contribution in [-0.4, -0.2) is 50.4 Å². The Balaban J connectivity index is 1.38. The van der Waals surface area contributed by atoms with Crippen LogP contribution in [0.25, 0.3) is 0 Å². The number of rotatable bonds is 8. The van der Waals surface area contributed by atoms with Crippen LogP contribution < -0.4 is 0 Å². The summed E-state index contributed by atoms with van der Waals surface area (Å²) in [6, 6.07) is 6.53. The third kappa shape index (κ3) is 5.39. The second-order valence-corrected chi connectivity index (χ2v) is 17.8. The molecule has 1 aromatic rings. The normalized spacial score (nSPS) is 39.5. The summed E-state index contributed by atoms with van der Waals surface area (Å²) >= 11 is 0.